The summed E-state index contributed by atoms with van der Waals surface area (Å²) in [6, 6.07) is 7.75. The molecule has 1 aromatic carbocycles. The van der Waals surface area contributed by atoms with Crippen LogP contribution in [0.5, 0.6) is 0 Å². The predicted octanol–water partition coefficient (Wildman–Crippen LogP) is 2.68. The van der Waals surface area contributed by atoms with Gasteiger partial charge in [-0.25, -0.2) is 8.78 Å². The molecule has 5 heteroatoms. The van der Waals surface area contributed by atoms with Crippen molar-refractivity contribution in [3.63, 3.8) is 0 Å². The van der Waals surface area contributed by atoms with Crippen LogP contribution in [0.3, 0.4) is 0 Å². The summed E-state index contributed by atoms with van der Waals surface area (Å²) in [5.41, 5.74) is 1.90. The van der Waals surface area contributed by atoms with E-state index >= 15 is 0 Å². The molecule has 1 aliphatic rings. The van der Waals surface area contributed by atoms with Crippen LogP contribution in [-0.4, -0.2) is 41.0 Å². The van der Waals surface area contributed by atoms with Crippen molar-refractivity contribution in [1.29, 1.82) is 0 Å². The van der Waals surface area contributed by atoms with Gasteiger partial charge >= 0.3 is 0 Å². The molecule has 2 heterocycles. The number of aromatic nitrogens is 1. The molecule has 1 aliphatic heterocycles. The molecule has 0 amide bonds. The molecule has 0 saturated carbocycles. The number of pyridine rings is 1. The van der Waals surface area contributed by atoms with E-state index < -0.39 is 11.6 Å². The molecule has 116 valence electrons. The molecule has 0 unspecified atom stereocenters. The first-order chi connectivity index (χ1) is 10.7. The fraction of sp³-hybridized carbons (Fsp3) is 0.353. The van der Waals surface area contributed by atoms with Crippen LogP contribution < -0.4 is 0 Å². The fourth-order valence-corrected chi connectivity index (χ4v) is 2.82. The largest absolute Gasteiger partial charge is 0.297 e. The molecular formula is C17H19F2N3. The van der Waals surface area contributed by atoms with Crippen molar-refractivity contribution in [3.05, 3.63) is 65.5 Å². The van der Waals surface area contributed by atoms with Crippen LogP contribution in [0.2, 0.25) is 0 Å². The lowest BCUT2D eigenvalue weighted by Gasteiger charge is -2.34. The zero-order chi connectivity index (χ0) is 15.4. The Balaban J connectivity index is 1.51. The Morgan fingerprint density at radius 1 is 0.864 bits per heavy atom. The van der Waals surface area contributed by atoms with Gasteiger partial charge in [-0.1, -0.05) is 6.07 Å². The van der Waals surface area contributed by atoms with Crippen LogP contribution in [0, 0.1) is 11.6 Å². The van der Waals surface area contributed by atoms with E-state index in [1.807, 2.05) is 12.3 Å². The van der Waals surface area contributed by atoms with Crippen LogP contribution in [0.1, 0.15) is 11.1 Å². The van der Waals surface area contributed by atoms with E-state index in [1.54, 1.807) is 6.20 Å². The quantitative estimate of drug-likeness (QED) is 0.866. The molecular weight excluding hydrogens is 284 g/mol. The minimum atomic E-state index is -0.509. The fourth-order valence-electron chi connectivity index (χ4n) is 2.82. The van der Waals surface area contributed by atoms with Crippen molar-refractivity contribution in [1.82, 2.24) is 14.8 Å². The maximum absolute atomic E-state index is 13.2. The number of hydrogen-bond donors (Lipinski definition) is 0. The summed E-state index contributed by atoms with van der Waals surface area (Å²) < 4.78 is 26.4. The standard InChI is InChI=1S/C17H19F2N3/c18-16-8-15(9-17(19)10-16)13-22-6-4-21(5-7-22)12-14-2-1-3-20-11-14/h1-3,8-11H,4-7,12-13H2. The number of hydrogen-bond acceptors (Lipinski definition) is 3. The first-order valence-corrected chi connectivity index (χ1v) is 7.47. The van der Waals surface area contributed by atoms with E-state index in [0.717, 1.165) is 38.8 Å². The Morgan fingerprint density at radius 2 is 1.45 bits per heavy atom. The second-order valence-electron chi connectivity index (χ2n) is 5.69. The van der Waals surface area contributed by atoms with Crippen LogP contribution in [0.25, 0.3) is 0 Å². The molecule has 0 spiro atoms. The highest BCUT2D eigenvalue weighted by Gasteiger charge is 2.17. The molecule has 0 atom stereocenters. The maximum Gasteiger partial charge on any atom is 0.126 e. The Labute approximate surface area is 129 Å². The van der Waals surface area contributed by atoms with E-state index in [4.69, 9.17) is 0 Å². The molecule has 0 radical (unpaired) electrons. The molecule has 1 saturated heterocycles. The number of benzene rings is 1. The van der Waals surface area contributed by atoms with Gasteiger partial charge in [-0.15, -0.1) is 0 Å². The van der Waals surface area contributed by atoms with Gasteiger partial charge in [0.1, 0.15) is 11.6 Å². The highest BCUT2D eigenvalue weighted by Crippen LogP contribution is 2.13. The number of halogens is 2. The predicted molar refractivity (Wildman–Crippen MR) is 81.1 cm³/mol. The maximum atomic E-state index is 13.2. The minimum Gasteiger partial charge on any atom is -0.297 e. The van der Waals surface area contributed by atoms with Gasteiger partial charge < -0.3 is 0 Å². The van der Waals surface area contributed by atoms with Gasteiger partial charge in [-0.2, -0.15) is 0 Å². The molecule has 0 bridgehead atoms. The summed E-state index contributed by atoms with van der Waals surface area (Å²) in [7, 11) is 0. The average molecular weight is 303 g/mol. The minimum absolute atomic E-state index is 0.509. The van der Waals surface area contributed by atoms with Gasteiger partial charge in [0, 0.05) is 57.7 Å². The lowest BCUT2D eigenvalue weighted by molar-refractivity contribution is 0.122. The summed E-state index contributed by atoms with van der Waals surface area (Å²) in [5.74, 6) is -1.02. The van der Waals surface area contributed by atoms with Crippen molar-refractivity contribution >= 4 is 0 Å². The molecule has 2 aromatic rings. The van der Waals surface area contributed by atoms with Crippen molar-refractivity contribution in [2.24, 2.45) is 0 Å². The average Bonchev–Trinajstić information content (AvgIpc) is 2.49. The van der Waals surface area contributed by atoms with Crippen LogP contribution in [0.4, 0.5) is 8.78 Å². The van der Waals surface area contributed by atoms with Gasteiger partial charge in [0.15, 0.2) is 0 Å². The van der Waals surface area contributed by atoms with E-state index in [-0.39, 0.29) is 0 Å². The summed E-state index contributed by atoms with van der Waals surface area (Å²) in [6.45, 7) is 5.20. The lowest BCUT2D eigenvalue weighted by atomic mass is 10.1. The van der Waals surface area contributed by atoms with Crippen molar-refractivity contribution in [2.45, 2.75) is 13.1 Å². The van der Waals surface area contributed by atoms with Crippen molar-refractivity contribution in [2.75, 3.05) is 26.2 Å². The Morgan fingerprint density at radius 3 is 2.00 bits per heavy atom. The van der Waals surface area contributed by atoms with Crippen molar-refractivity contribution < 1.29 is 8.78 Å². The normalized spacial score (nSPS) is 16.8. The first-order valence-electron chi connectivity index (χ1n) is 7.47. The Hall–Kier alpha value is -1.85. The van der Waals surface area contributed by atoms with Gasteiger partial charge in [0.05, 0.1) is 0 Å². The van der Waals surface area contributed by atoms with Crippen LogP contribution in [0.15, 0.2) is 42.7 Å². The highest BCUT2D eigenvalue weighted by atomic mass is 19.1. The van der Waals surface area contributed by atoms with E-state index in [2.05, 4.69) is 20.9 Å². The summed E-state index contributed by atoms with van der Waals surface area (Å²) in [4.78, 5) is 8.73. The molecule has 22 heavy (non-hydrogen) atoms. The molecule has 0 aliphatic carbocycles. The van der Waals surface area contributed by atoms with E-state index in [9.17, 15) is 8.78 Å². The monoisotopic (exact) mass is 303 g/mol. The first kappa shape index (κ1) is 15.1. The lowest BCUT2D eigenvalue weighted by Crippen LogP contribution is -2.45. The number of nitrogens with zero attached hydrogens (tertiary/aromatic N) is 3. The second kappa shape index (κ2) is 6.94. The Kier molecular flexibility index (Phi) is 4.75. The van der Waals surface area contributed by atoms with Crippen LogP contribution >= 0.6 is 0 Å². The molecule has 3 rings (SSSR count). The third-order valence-corrected chi connectivity index (χ3v) is 3.92. The molecule has 0 N–H and O–H groups in total. The van der Waals surface area contributed by atoms with Crippen molar-refractivity contribution in [3.8, 4) is 0 Å². The smallest absolute Gasteiger partial charge is 0.126 e. The zero-order valence-corrected chi connectivity index (χ0v) is 12.4. The van der Waals surface area contributed by atoms with Gasteiger partial charge in [-0.3, -0.25) is 14.8 Å². The summed E-state index contributed by atoms with van der Waals surface area (Å²) in [6.07, 6.45) is 3.67. The topological polar surface area (TPSA) is 19.4 Å². The second-order valence-corrected chi connectivity index (χ2v) is 5.69. The summed E-state index contributed by atoms with van der Waals surface area (Å²) >= 11 is 0. The third-order valence-electron chi connectivity index (χ3n) is 3.92. The van der Waals surface area contributed by atoms with Gasteiger partial charge in [0.2, 0.25) is 0 Å². The molecule has 1 fully saturated rings. The van der Waals surface area contributed by atoms with E-state index in [1.165, 1.54) is 17.7 Å². The molecule has 3 nitrogen and oxygen atoms in total. The van der Waals surface area contributed by atoms with Crippen LogP contribution in [-0.2, 0) is 13.1 Å². The summed E-state index contributed by atoms with van der Waals surface area (Å²) in [5, 5.41) is 0. The van der Waals surface area contributed by atoms with Gasteiger partial charge in [0.25, 0.3) is 0 Å². The molecule has 1 aromatic heterocycles. The number of rotatable bonds is 4. The van der Waals surface area contributed by atoms with Gasteiger partial charge in [-0.05, 0) is 29.3 Å². The zero-order valence-electron chi connectivity index (χ0n) is 12.4. The number of piperazine rings is 1. The third kappa shape index (κ3) is 4.08. The highest BCUT2D eigenvalue weighted by molar-refractivity contribution is 5.18. The SMILES string of the molecule is Fc1cc(F)cc(CN2CCN(Cc3cccnc3)CC2)c1. The van der Waals surface area contributed by atoms with E-state index in [0.29, 0.717) is 12.1 Å². The Bertz CT molecular complexity index is 590.